The smallest absolute Gasteiger partial charge is 0.0541 e. The molecule has 11 rings (SSSR count). The van der Waals surface area contributed by atoms with E-state index in [1.807, 2.05) is 0 Å². The molecule has 0 atom stereocenters. The molecule has 1 aromatic heterocycles. The van der Waals surface area contributed by atoms with Crippen LogP contribution in [0, 0.1) is 0 Å². The molecule has 0 saturated carbocycles. The van der Waals surface area contributed by atoms with Crippen LogP contribution in [0.3, 0.4) is 0 Å². The lowest BCUT2D eigenvalue weighted by Gasteiger charge is -2.28. The summed E-state index contributed by atoms with van der Waals surface area (Å²) in [7, 11) is 0. The van der Waals surface area contributed by atoms with Crippen molar-refractivity contribution >= 4 is 49.6 Å². The van der Waals surface area contributed by atoms with Gasteiger partial charge < -0.3 is 9.47 Å². The van der Waals surface area contributed by atoms with E-state index in [2.05, 4.69) is 230 Å². The highest BCUT2D eigenvalue weighted by Gasteiger charge is 2.35. The van der Waals surface area contributed by atoms with Gasteiger partial charge in [0.1, 0.15) is 0 Å². The van der Waals surface area contributed by atoms with Gasteiger partial charge in [-0.1, -0.05) is 153 Å². The van der Waals surface area contributed by atoms with Gasteiger partial charge in [-0.05, 0) is 122 Å². The van der Waals surface area contributed by atoms with E-state index in [1.54, 1.807) is 0 Å². The van der Waals surface area contributed by atoms with Gasteiger partial charge in [0.2, 0.25) is 0 Å². The number of para-hydroxylation sites is 3. The van der Waals surface area contributed by atoms with Crippen molar-refractivity contribution in [3.8, 4) is 39.1 Å². The van der Waals surface area contributed by atoms with E-state index in [-0.39, 0.29) is 5.41 Å². The molecule has 1 aliphatic rings. The van der Waals surface area contributed by atoms with Crippen LogP contribution in [0.15, 0.2) is 206 Å². The Bertz CT molecular complexity index is 3130. The predicted molar refractivity (Wildman–Crippen MR) is 241 cm³/mol. The molecule has 0 N–H and O–H groups in total. The highest BCUT2D eigenvalue weighted by atomic mass is 15.1. The number of benzene rings is 9. The molecule has 0 unspecified atom stereocenters. The first-order valence-electron chi connectivity index (χ1n) is 19.9. The van der Waals surface area contributed by atoms with Crippen LogP contribution < -0.4 is 4.90 Å². The molecule has 0 radical (unpaired) electrons. The molecule has 0 amide bonds. The molecule has 0 bridgehead atoms. The van der Waals surface area contributed by atoms with Crippen LogP contribution in [0.1, 0.15) is 25.0 Å². The Labute approximate surface area is 333 Å². The summed E-state index contributed by atoms with van der Waals surface area (Å²) in [4.78, 5) is 2.38. The average molecular weight is 729 g/mol. The fourth-order valence-corrected chi connectivity index (χ4v) is 9.44. The van der Waals surface area contributed by atoms with Gasteiger partial charge in [0, 0.05) is 38.9 Å². The first-order chi connectivity index (χ1) is 28.0. The molecule has 0 spiro atoms. The summed E-state index contributed by atoms with van der Waals surface area (Å²) in [5.74, 6) is 0. The molecule has 2 heteroatoms. The summed E-state index contributed by atoms with van der Waals surface area (Å²) < 4.78 is 2.38. The first kappa shape index (κ1) is 33.2. The molecular formula is C55H40N2. The molecule has 1 heterocycles. The number of anilines is 3. The molecule has 270 valence electrons. The van der Waals surface area contributed by atoms with Crippen LogP contribution in [0.2, 0.25) is 0 Å². The van der Waals surface area contributed by atoms with Gasteiger partial charge in [-0.2, -0.15) is 0 Å². The average Bonchev–Trinajstić information content (AvgIpc) is 3.72. The minimum absolute atomic E-state index is 0.0752. The molecule has 57 heavy (non-hydrogen) atoms. The van der Waals surface area contributed by atoms with Crippen LogP contribution in [0.5, 0.6) is 0 Å². The van der Waals surface area contributed by atoms with Crippen molar-refractivity contribution in [1.29, 1.82) is 0 Å². The third-order valence-corrected chi connectivity index (χ3v) is 12.2. The van der Waals surface area contributed by atoms with Gasteiger partial charge in [0.15, 0.2) is 0 Å². The van der Waals surface area contributed by atoms with Crippen molar-refractivity contribution in [1.82, 2.24) is 4.57 Å². The van der Waals surface area contributed by atoms with Gasteiger partial charge in [-0.3, -0.25) is 0 Å². The van der Waals surface area contributed by atoms with Gasteiger partial charge in [0.05, 0.1) is 11.0 Å². The van der Waals surface area contributed by atoms with Gasteiger partial charge >= 0.3 is 0 Å². The minimum atomic E-state index is -0.0752. The number of hydrogen-bond donors (Lipinski definition) is 0. The zero-order valence-electron chi connectivity index (χ0n) is 32.0. The van der Waals surface area contributed by atoms with Gasteiger partial charge in [0.25, 0.3) is 0 Å². The highest BCUT2D eigenvalue weighted by Crippen LogP contribution is 2.51. The molecule has 10 aromatic rings. The number of aromatic nitrogens is 1. The Morgan fingerprint density at radius 1 is 0.351 bits per heavy atom. The number of nitrogens with zero attached hydrogens (tertiary/aromatic N) is 2. The summed E-state index contributed by atoms with van der Waals surface area (Å²) >= 11 is 0. The Morgan fingerprint density at radius 3 is 1.63 bits per heavy atom. The monoisotopic (exact) mass is 728 g/mol. The Balaban J connectivity index is 0.990. The number of fused-ring (bicyclic) bond motifs is 7. The lowest BCUT2D eigenvalue weighted by molar-refractivity contribution is 0.660. The van der Waals surface area contributed by atoms with Crippen LogP contribution in [0.4, 0.5) is 17.1 Å². The SMILES string of the molecule is CC1(C)c2ccccc2-c2ccc(N(c3ccccc3)c3ccc(-c4ccc(-c5ccc6c(c5)c5ccccc5n6-c5ccccc5)c5ccccc45)cc3)cc21. The van der Waals surface area contributed by atoms with Crippen LogP contribution in [-0.4, -0.2) is 4.57 Å². The largest absolute Gasteiger partial charge is 0.310 e. The van der Waals surface area contributed by atoms with E-state index in [4.69, 9.17) is 0 Å². The maximum absolute atomic E-state index is 2.40. The molecule has 0 saturated heterocycles. The van der Waals surface area contributed by atoms with Crippen molar-refractivity contribution in [2.75, 3.05) is 4.90 Å². The minimum Gasteiger partial charge on any atom is -0.310 e. The summed E-state index contributed by atoms with van der Waals surface area (Å²) in [6.07, 6.45) is 0. The Hall–Kier alpha value is -7.16. The third kappa shape index (κ3) is 5.25. The summed E-state index contributed by atoms with van der Waals surface area (Å²) in [5, 5.41) is 5.01. The number of rotatable bonds is 6. The summed E-state index contributed by atoms with van der Waals surface area (Å²) in [5.41, 5.74) is 17.3. The predicted octanol–water partition coefficient (Wildman–Crippen LogP) is 15.0. The van der Waals surface area contributed by atoms with Gasteiger partial charge in [-0.15, -0.1) is 0 Å². The van der Waals surface area contributed by atoms with E-state index in [0.29, 0.717) is 0 Å². The Kier molecular flexibility index (Phi) is 7.55. The van der Waals surface area contributed by atoms with E-state index in [9.17, 15) is 0 Å². The molecular weight excluding hydrogens is 689 g/mol. The summed E-state index contributed by atoms with van der Waals surface area (Å²) in [6.45, 7) is 4.70. The number of hydrogen-bond acceptors (Lipinski definition) is 1. The molecule has 2 nitrogen and oxygen atoms in total. The van der Waals surface area contributed by atoms with Crippen LogP contribution >= 0.6 is 0 Å². The van der Waals surface area contributed by atoms with E-state index in [0.717, 1.165) is 17.1 Å². The second kappa shape index (κ2) is 13.0. The van der Waals surface area contributed by atoms with Crippen molar-refractivity contribution in [2.45, 2.75) is 19.3 Å². The summed E-state index contributed by atoms with van der Waals surface area (Å²) in [6, 6.07) is 75.5. The molecule has 0 aliphatic heterocycles. The zero-order chi connectivity index (χ0) is 38.1. The zero-order valence-corrected chi connectivity index (χ0v) is 32.0. The van der Waals surface area contributed by atoms with Gasteiger partial charge in [-0.25, -0.2) is 0 Å². The third-order valence-electron chi connectivity index (χ3n) is 12.2. The van der Waals surface area contributed by atoms with Crippen LogP contribution in [0.25, 0.3) is 71.6 Å². The van der Waals surface area contributed by atoms with Crippen molar-refractivity contribution in [2.24, 2.45) is 0 Å². The lowest BCUT2D eigenvalue weighted by Crippen LogP contribution is -2.16. The molecule has 0 fully saturated rings. The second-order valence-corrected chi connectivity index (χ2v) is 15.7. The quantitative estimate of drug-likeness (QED) is 0.165. The van der Waals surface area contributed by atoms with Crippen LogP contribution in [-0.2, 0) is 5.41 Å². The highest BCUT2D eigenvalue weighted by molar-refractivity contribution is 6.12. The second-order valence-electron chi connectivity index (χ2n) is 15.7. The normalized spacial score (nSPS) is 12.9. The Morgan fingerprint density at radius 2 is 0.877 bits per heavy atom. The maximum Gasteiger partial charge on any atom is 0.0541 e. The van der Waals surface area contributed by atoms with Crippen molar-refractivity contribution < 1.29 is 0 Å². The maximum atomic E-state index is 2.40. The first-order valence-corrected chi connectivity index (χ1v) is 19.9. The van der Waals surface area contributed by atoms with E-state index in [1.165, 1.54) is 82.8 Å². The van der Waals surface area contributed by atoms with Crippen molar-refractivity contribution in [3.63, 3.8) is 0 Å². The van der Waals surface area contributed by atoms with Crippen molar-refractivity contribution in [3.05, 3.63) is 217 Å². The van der Waals surface area contributed by atoms with E-state index >= 15 is 0 Å². The standard InChI is InChI=1S/C55H40N2/c1-55(2)51-23-13-11-21-47(51)48-31-30-42(36-52(48)55)56(39-15-5-3-6-16-39)41-28-25-37(26-29-41)43-32-33-44(46-20-10-9-19-45(43)46)38-27-34-54-50(35-38)49-22-12-14-24-53(49)57(54)40-17-7-4-8-18-40/h3-36H,1-2H3. The fourth-order valence-electron chi connectivity index (χ4n) is 9.44. The lowest BCUT2D eigenvalue weighted by atomic mass is 9.82. The molecule has 9 aromatic carbocycles. The topological polar surface area (TPSA) is 8.17 Å². The van der Waals surface area contributed by atoms with E-state index < -0.39 is 0 Å². The fraction of sp³-hybridized carbons (Fsp3) is 0.0545. The molecule has 1 aliphatic carbocycles.